The molecule has 23 heavy (non-hydrogen) atoms. The molecule has 0 bridgehead atoms. The number of carbonyl (C=O) groups is 2. The topological polar surface area (TPSA) is 54.4 Å². The van der Waals surface area contributed by atoms with Gasteiger partial charge in [0.1, 0.15) is 0 Å². The highest BCUT2D eigenvalue weighted by atomic mass is 16.4. The third kappa shape index (κ3) is 6.07. The molecule has 124 valence electrons. The van der Waals surface area contributed by atoms with Crippen LogP contribution < -0.4 is 0 Å². The molecule has 1 atom stereocenters. The molecule has 1 N–H and O–H groups in total. The Morgan fingerprint density at radius 3 is 1.87 bits per heavy atom. The molecule has 2 aromatic carbocycles. The Labute approximate surface area is 139 Å². The van der Waals surface area contributed by atoms with Gasteiger partial charge in [0.2, 0.25) is 0 Å². The second-order valence-electron chi connectivity index (χ2n) is 4.38. The van der Waals surface area contributed by atoms with Crippen LogP contribution in [0.25, 0.3) is 0 Å². The fraction of sp³-hybridized carbons (Fsp3) is 0.300. The molecule has 3 nitrogen and oxygen atoms in total. The van der Waals surface area contributed by atoms with Crippen molar-refractivity contribution in [1.82, 2.24) is 0 Å². The number of aliphatic carboxylic acids is 1. The highest BCUT2D eigenvalue weighted by Crippen LogP contribution is 2.18. The van der Waals surface area contributed by atoms with Gasteiger partial charge in [-0.15, -0.1) is 0 Å². The number of carboxylic acid groups (broad SMARTS) is 1. The quantitative estimate of drug-likeness (QED) is 0.793. The van der Waals surface area contributed by atoms with E-state index in [9.17, 15) is 9.59 Å². The van der Waals surface area contributed by atoms with Crippen LogP contribution in [0, 0.1) is 0 Å². The van der Waals surface area contributed by atoms with Gasteiger partial charge in [0, 0.05) is 11.1 Å². The molecule has 0 heterocycles. The van der Waals surface area contributed by atoms with Gasteiger partial charge in [-0.05, 0) is 18.6 Å². The first-order valence-corrected chi connectivity index (χ1v) is 8.02. The summed E-state index contributed by atoms with van der Waals surface area (Å²) < 4.78 is 0. The minimum atomic E-state index is -0.899. The molecule has 0 aromatic heterocycles. The summed E-state index contributed by atoms with van der Waals surface area (Å²) in [5.41, 5.74) is 1.74. The Balaban J connectivity index is 0.00000112. The van der Waals surface area contributed by atoms with Crippen molar-refractivity contribution in [3.8, 4) is 0 Å². The van der Waals surface area contributed by atoms with Crippen LogP contribution in [-0.4, -0.2) is 16.9 Å². The van der Waals surface area contributed by atoms with Crippen LogP contribution in [-0.2, 0) is 4.79 Å². The summed E-state index contributed by atoms with van der Waals surface area (Å²) >= 11 is 0. The lowest BCUT2D eigenvalue weighted by molar-refractivity contribution is -0.138. The average molecular weight is 314 g/mol. The molecule has 0 saturated heterocycles. The highest BCUT2D eigenvalue weighted by molar-refractivity contribution is 6.09. The summed E-state index contributed by atoms with van der Waals surface area (Å²) in [5.74, 6) is -1.62. The van der Waals surface area contributed by atoms with Crippen LogP contribution in [0.1, 0.15) is 62.0 Å². The largest absolute Gasteiger partial charge is 0.481 e. The Hall–Kier alpha value is -2.42. The lowest BCUT2D eigenvalue weighted by Gasteiger charge is -2.08. The summed E-state index contributed by atoms with van der Waals surface area (Å²) in [6.45, 7) is 9.61. The smallest absolute Gasteiger partial charge is 0.310 e. The number of ketones is 1. The molecule has 0 aliphatic heterocycles. The Bertz CT molecular complexity index is 603. The van der Waals surface area contributed by atoms with Gasteiger partial charge < -0.3 is 5.11 Å². The van der Waals surface area contributed by atoms with E-state index in [1.807, 2.05) is 33.8 Å². The normalized spacial score (nSPS) is 10.3. The molecule has 0 radical (unpaired) electrons. The Morgan fingerprint density at radius 1 is 0.826 bits per heavy atom. The zero-order valence-electron chi connectivity index (χ0n) is 14.5. The number of carboxylic acids is 1. The standard InChI is InChI=1S/C16H14O3.2C2H6/c1-11(16(18)19)13-8-5-9-14(10-13)15(17)12-6-3-2-4-7-12;2*1-2/h2-11H,1H3,(H,18,19);2*1-2H3. The summed E-state index contributed by atoms with van der Waals surface area (Å²) in [5, 5.41) is 9.00. The average Bonchev–Trinajstić information content (AvgIpc) is 2.64. The van der Waals surface area contributed by atoms with Crippen molar-refractivity contribution in [2.24, 2.45) is 0 Å². The second-order valence-corrected chi connectivity index (χ2v) is 4.38. The predicted molar refractivity (Wildman–Crippen MR) is 95.1 cm³/mol. The van der Waals surface area contributed by atoms with Gasteiger partial charge in [-0.2, -0.15) is 0 Å². The van der Waals surface area contributed by atoms with Crippen LogP contribution in [0.3, 0.4) is 0 Å². The summed E-state index contributed by atoms with van der Waals surface area (Å²) in [7, 11) is 0. The summed E-state index contributed by atoms with van der Waals surface area (Å²) in [6.07, 6.45) is 0. The predicted octanol–water partition coefficient (Wildman–Crippen LogP) is 5.16. The first-order chi connectivity index (χ1) is 11.1. The van der Waals surface area contributed by atoms with E-state index >= 15 is 0 Å². The molecule has 0 aliphatic rings. The molecule has 0 aliphatic carbocycles. The lowest BCUT2D eigenvalue weighted by Crippen LogP contribution is -2.09. The van der Waals surface area contributed by atoms with Gasteiger partial charge >= 0.3 is 5.97 Å². The Kier molecular flexibility index (Phi) is 10.0. The maximum atomic E-state index is 12.2. The van der Waals surface area contributed by atoms with Crippen molar-refractivity contribution >= 4 is 11.8 Å². The molecule has 0 amide bonds. The molecular weight excluding hydrogens is 288 g/mol. The SMILES string of the molecule is CC.CC.CC(C(=O)O)c1cccc(C(=O)c2ccccc2)c1. The van der Waals surface area contributed by atoms with Crippen LogP contribution >= 0.6 is 0 Å². The molecule has 0 saturated carbocycles. The number of rotatable bonds is 4. The van der Waals surface area contributed by atoms with Crippen molar-refractivity contribution in [2.75, 3.05) is 0 Å². The van der Waals surface area contributed by atoms with Gasteiger partial charge in [0.25, 0.3) is 0 Å². The Morgan fingerprint density at radius 2 is 1.35 bits per heavy atom. The van der Waals surface area contributed by atoms with Gasteiger partial charge in [0.05, 0.1) is 5.92 Å². The molecule has 2 rings (SSSR count). The van der Waals surface area contributed by atoms with Gasteiger partial charge in [0.15, 0.2) is 5.78 Å². The van der Waals surface area contributed by atoms with E-state index in [1.165, 1.54) is 0 Å². The van der Waals surface area contributed by atoms with Crippen LogP contribution in [0.4, 0.5) is 0 Å². The van der Waals surface area contributed by atoms with E-state index in [-0.39, 0.29) is 5.78 Å². The zero-order chi connectivity index (χ0) is 17.8. The first kappa shape index (κ1) is 20.6. The van der Waals surface area contributed by atoms with E-state index in [1.54, 1.807) is 55.5 Å². The minimum absolute atomic E-state index is 0.0972. The van der Waals surface area contributed by atoms with Crippen molar-refractivity contribution in [2.45, 2.75) is 40.5 Å². The van der Waals surface area contributed by atoms with E-state index in [0.29, 0.717) is 16.7 Å². The second kappa shape index (κ2) is 11.2. The molecule has 2 aromatic rings. The van der Waals surface area contributed by atoms with E-state index in [4.69, 9.17) is 5.11 Å². The van der Waals surface area contributed by atoms with Crippen LogP contribution in [0.15, 0.2) is 54.6 Å². The van der Waals surface area contributed by atoms with Crippen molar-refractivity contribution < 1.29 is 14.7 Å². The van der Waals surface area contributed by atoms with Crippen LogP contribution in [0.2, 0.25) is 0 Å². The first-order valence-electron chi connectivity index (χ1n) is 8.02. The number of hydrogen-bond donors (Lipinski definition) is 1. The molecule has 3 heteroatoms. The fourth-order valence-corrected chi connectivity index (χ4v) is 1.85. The van der Waals surface area contributed by atoms with E-state index in [2.05, 4.69) is 0 Å². The van der Waals surface area contributed by atoms with Crippen molar-refractivity contribution in [3.63, 3.8) is 0 Å². The third-order valence-electron chi connectivity index (χ3n) is 3.06. The number of carbonyl (C=O) groups excluding carboxylic acids is 1. The monoisotopic (exact) mass is 314 g/mol. The summed E-state index contributed by atoms with van der Waals surface area (Å²) in [4.78, 5) is 23.2. The van der Waals surface area contributed by atoms with Crippen molar-refractivity contribution in [1.29, 1.82) is 0 Å². The van der Waals surface area contributed by atoms with Gasteiger partial charge in [-0.3, -0.25) is 9.59 Å². The molecule has 1 unspecified atom stereocenters. The molecule has 0 spiro atoms. The molecule has 0 fully saturated rings. The minimum Gasteiger partial charge on any atom is -0.481 e. The van der Waals surface area contributed by atoms with Gasteiger partial charge in [-0.25, -0.2) is 0 Å². The number of hydrogen-bond acceptors (Lipinski definition) is 2. The summed E-state index contributed by atoms with van der Waals surface area (Å²) in [6, 6.07) is 15.7. The van der Waals surface area contributed by atoms with E-state index < -0.39 is 11.9 Å². The van der Waals surface area contributed by atoms with Crippen molar-refractivity contribution in [3.05, 3.63) is 71.3 Å². The third-order valence-corrected chi connectivity index (χ3v) is 3.06. The fourth-order valence-electron chi connectivity index (χ4n) is 1.85. The molecular formula is C20H26O3. The maximum absolute atomic E-state index is 12.2. The van der Waals surface area contributed by atoms with Crippen LogP contribution in [0.5, 0.6) is 0 Å². The highest BCUT2D eigenvalue weighted by Gasteiger charge is 2.16. The maximum Gasteiger partial charge on any atom is 0.310 e. The zero-order valence-corrected chi connectivity index (χ0v) is 14.5. The lowest BCUT2D eigenvalue weighted by atomic mass is 9.96. The number of benzene rings is 2. The van der Waals surface area contributed by atoms with Gasteiger partial charge in [-0.1, -0.05) is 76.2 Å². The van der Waals surface area contributed by atoms with E-state index in [0.717, 1.165) is 0 Å².